The fourth-order valence-electron chi connectivity index (χ4n) is 3.74. The minimum Gasteiger partial charge on any atom is -0.430 e. The van der Waals surface area contributed by atoms with Gasteiger partial charge in [0, 0.05) is 49.8 Å². The predicted octanol–water partition coefficient (Wildman–Crippen LogP) is 5.13. The maximum atomic E-state index is 6.11. The third-order valence-corrected chi connectivity index (χ3v) is 6.44. The Labute approximate surface area is 195 Å². The number of hydrogen-bond acceptors (Lipinski definition) is 6. The van der Waals surface area contributed by atoms with Gasteiger partial charge >= 0.3 is 0 Å². The summed E-state index contributed by atoms with van der Waals surface area (Å²) in [4.78, 5) is 9.54. The highest BCUT2D eigenvalue weighted by atomic mass is 35.5. The first-order chi connectivity index (χ1) is 14.5. The van der Waals surface area contributed by atoms with Crippen molar-refractivity contribution in [2.45, 2.75) is 27.2 Å². The van der Waals surface area contributed by atoms with E-state index in [-0.39, 0.29) is 12.4 Å². The van der Waals surface area contributed by atoms with Gasteiger partial charge in [0.2, 0.25) is 0 Å². The third kappa shape index (κ3) is 6.04. The SMILES string of the molecule is Cc1ccc(-c2nsc(Oc3cc(C)c(CCN4CCN(C)CC4)cc3C)n2)cc1.Cl. The van der Waals surface area contributed by atoms with E-state index in [0.29, 0.717) is 11.0 Å². The van der Waals surface area contributed by atoms with Crippen molar-refractivity contribution in [3.8, 4) is 22.3 Å². The second-order valence-electron chi connectivity index (χ2n) is 8.29. The summed E-state index contributed by atoms with van der Waals surface area (Å²) >= 11 is 1.30. The Bertz CT molecular complexity index is 997. The Balaban J connectivity index is 0.00000272. The zero-order chi connectivity index (χ0) is 21.1. The zero-order valence-corrected chi connectivity index (χ0v) is 20.4. The highest BCUT2D eigenvalue weighted by molar-refractivity contribution is 7.07. The molecule has 1 aliphatic heterocycles. The first-order valence-electron chi connectivity index (χ1n) is 10.6. The summed E-state index contributed by atoms with van der Waals surface area (Å²) in [5, 5.41) is 0.582. The van der Waals surface area contributed by atoms with E-state index in [1.165, 1.54) is 28.2 Å². The average Bonchev–Trinajstić information content (AvgIpc) is 3.20. The number of piperazine rings is 1. The van der Waals surface area contributed by atoms with Crippen LogP contribution in [0.5, 0.6) is 10.9 Å². The highest BCUT2D eigenvalue weighted by Gasteiger charge is 2.15. The Morgan fingerprint density at radius 2 is 1.68 bits per heavy atom. The molecule has 3 aromatic rings. The van der Waals surface area contributed by atoms with Crippen molar-refractivity contribution in [2.24, 2.45) is 0 Å². The molecule has 166 valence electrons. The molecular formula is C24H31ClN4OS. The number of aryl methyl sites for hydroxylation is 3. The molecule has 4 rings (SSSR count). The molecular weight excluding hydrogens is 428 g/mol. The van der Waals surface area contributed by atoms with Gasteiger partial charge in [0.25, 0.3) is 5.19 Å². The van der Waals surface area contributed by atoms with Crippen molar-refractivity contribution < 1.29 is 4.74 Å². The fourth-order valence-corrected chi connectivity index (χ4v) is 4.31. The molecule has 1 aromatic heterocycles. The summed E-state index contributed by atoms with van der Waals surface area (Å²) in [5.41, 5.74) is 6.05. The average molecular weight is 459 g/mol. The maximum Gasteiger partial charge on any atom is 0.299 e. The molecule has 1 aliphatic rings. The van der Waals surface area contributed by atoms with E-state index >= 15 is 0 Å². The van der Waals surface area contributed by atoms with E-state index in [1.807, 2.05) is 12.1 Å². The van der Waals surface area contributed by atoms with Crippen LogP contribution in [0, 0.1) is 20.8 Å². The summed E-state index contributed by atoms with van der Waals surface area (Å²) in [6, 6.07) is 12.7. The van der Waals surface area contributed by atoms with Crippen molar-refractivity contribution >= 4 is 23.9 Å². The van der Waals surface area contributed by atoms with Crippen LogP contribution in [0.15, 0.2) is 36.4 Å². The molecule has 0 bridgehead atoms. The van der Waals surface area contributed by atoms with Gasteiger partial charge in [-0.15, -0.1) is 12.4 Å². The molecule has 2 aromatic carbocycles. The fraction of sp³-hybridized carbons (Fsp3) is 0.417. The minimum atomic E-state index is 0. The number of halogens is 1. The lowest BCUT2D eigenvalue weighted by Gasteiger charge is -2.32. The molecule has 1 fully saturated rings. The van der Waals surface area contributed by atoms with Crippen molar-refractivity contribution in [3.63, 3.8) is 0 Å². The molecule has 0 saturated carbocycles. The number of rotatable bonds is 6. The third-order valence-electron chi connectivity index (χ3n) is 5.84. The second kappa shape index (κ2) is 10.6. The topological polar surface area (TPSA) is 41.5 Å². The van der Waals surface area contributed by atoms with Crippen molar-refractivity contribution in [3.05, 3.63) is 58.7 Å². The van der Waals surface area contributed by atoms with E-state index in [1.54, 1.807) is 0 Å². The summed E-state index contributed by atoms with van der Waals surface area (Å²) < 4.78 is 10.6. The summed E-state index contributed by atoms with van der Waals surface area (Å²) in [6.07, 6.45) is 1.08. The van der Waals surface area contributed by atoms with Gasteiger partial charge in [0.1, 0.15) is 5.75 Å². The van der Waals surface area contributed by atoms with Crippen molar-refractivity contribution in [1.29, 1.82) is 0 Å². The number of hydrogen-bond donors (Lipinski definition) is 0. The lowest BCUT2D eigenvalue weighted by atomic mass is 10.0. The molecule has 0 atom stereocenters. The van der Waals surface area contributed by atoms with Crippen molar-refractivity contribution in [2.75, 3.05) is 39.8 Å². The van der Waals surface area contributed by atoms with Gasteiger partial charge in [-0.25, -0.2) is 0 Å². The van der Waals surface area contributed by atoms with Gasteiger partial charge in [0.05, 0.1) is 0 Å². The van der Waals surface area contributed by atoms with Crippen LogP contribution in [0.1, 0.15) is 22.3 Å². The normalized spacial score (nSPS) is 15.0. The van der Waals surface area contributed by atoms with Crippen molar-refractivity contribution in [1.82, 2.24) is 19.2 Å². The minimum absolute atomic E-state index is 0. The van der Waals surface area contributed by atoms with Gasteiger partial charge in [-0.1, -0.05) is 35.9 Å². The lowest BCUT2D eigenvalue weighted by molar-refractivity contribution is 0.155. The Morgan fingerprint density at radius 3 is 2.39 bits per heavy atom. The summed E-state index contributed by atoms with van der Waals surface area (Å²) in [5.74, 6) is 1.58. The lowest BCUT2D eigenvalue weighted by Crippen LogP contribution is -2.45. The van der Waals surface area contributed by atoms with E-state index in [4.69, 9.17) is 4.74 Å². The number of likely N-dealkylation sites (N-methyl/N-ethyl adjacent to an activating group) is 1. The molecule has 1 saturated heterocycles. The molecule has 31 heavy (non-hydrogen) atoms. The highest BCUT2D eigenvalue weighted by Crippen LogP contribution is 2.31. The van der Waals surface area contributed by atoms with E-state index in [0.717, 1.165) is 56.0 Å². The Kier molecular flexibility index (Phi) is 8.06. The van der Waals surface area contributed by atoms with Gasteiger partial charge in [-0.3, -0.25) is 0 Å². The molecule has 0 spiro atoms. The van der Waals surface area contributed by atoms with Crippen LogP contribution in [-0.2, 0) is 6.42 Å². The monoisotopic (exact) mass is 458 g/mol. The van der Waals surface area contributed by atoms with Crippen LogP contribution in [-0.4, -0.2) is 58.9 Å². The molecule has 7 heteroatoms. The van der Waals surface area contributed by atoms with E-state index < -0.39 is 0 Å². The molecule has 0 radical (unpaired) electrons. The van der Waals surface area contributed by atoms with Crippen LogP contribution in [0.4, 0.5) is 0 Å². The first kappa shape index (κ1) is 23.7. The number of aromatic nitrogens is 2. The molecule has 5 nitrogen and oxygen atoms in total. The van der Waals surface area contributed by atoms with Gasteiger partial charge in [-0.2, -0.15) is 9.36 Å². The van der Waals surface area contributed by atoms with Crippen LogP contribution in [0.25, 0.3) is 11.4 Å². The van der Waals surface area contributed by atoms with E-state index in [2.05, 4.69) is 71.2 Å². The molecule has 0 aliphatic carbocycles. The quantitative estimate of drug-likeness (QED) is 0.512. The molecule has 0 amide bonds. The molecule has 0 N–H and O–H groups in total. The van der Waals surface area contributed by atoms with Gasteiger partial charge in [0.15, 0.2) is 5.82 Å². The zero-order valence-electron chi connectivity index (χ0n) is 18.7. The standard InChI is InChI=1S/C24H30N4OS.ClH/c1-17-5-7-20(8-6-17)23-25-24(30-26-23)29-22-16-18(2)21(15-19(22)3)9-10-28-13-11-27(4)12-14-28;/h5-8,15-16H,9-14H2,1-4H3;1H. The van der Waals surface area contributed by atoms with Gasteiger partial charge in [-0.05, 0) is 57.0 Å². The maximum absolute atomic E-state index is 6.11. The summed E-state index contributed by atoms with van der Waals surface area (Å²) in [7, 11) is 2.20. The Hall–Kier alpha value is -1.99. The number of nitrogens with zero attached hydrogens (tertiary/aromatic N) is 4. The van der Waals surface area contributed by atoms with Crippen LogP contribution < -0.4 is 4.74 Å². The number of ether oxygens (including phenoxy) is 1. The number of benzene rings is 2. The summed E-state index contributed by atoms with van der Waals surface area (Å²) in [6.45, 7) is 12.1. The van der Waals surface area contributed by atoms with Crippen LogP contribution in [0.3, 0.4) is 0 Å². The largest absolute Gasteiger partial charge is 0.430 e. The molecule has 2 heterocycles. The van der Waals surface area contributed by atoms with Gasteiger partial charge < -0.3 is 14.5 Å². The second-order valence-corrected chi connectivity index (χ2v) is 9.01. The molecule has 0 unspecified atom stereocenters. The van der Waals surface area contributed by atoms with Crippen LogP contribution >= 0.6 is 23.9 Å². The Morgan fingerprint density at radius 1 is 0.968 bits per heavy atom. The smallest absolute Gasteiger partial charge is 0.299 e. The predicted molar refractivity (Wildman–Crippen MR) is 131 cm³/mol. The van der Waals surface area contributed by atoms with E-state index in [9.17, 15) is 0 Å². The first-order valence-corrected chi connectivity index (χ1v) is 11.3. The van der Waals surface area contributed by atoms with Crippen LogP contribution in [0.2, 0.25) is 0 Å².